The van der Waals surface area contributed by atoms with Crippen molar-refractivity contribution < 1.29 is 33.3 Å². The predicted octanol–water partition coefficient (Wildman–Crippen LogP) is 0.559. The van der Waals surface area contributed by atoms with E-state index in [9.17, 15) is 14.4 Å². The van der Waals surface area contributed by atoms with Crippen LogP contribution in [0.3, 0.4) is 0 Å². The summed E-state index contributed by atoms with van der Waals surface area (Å²) < 4.78 is 21.3. The van der Waals surface area contributed by atoms with Gasteiger partial charge in [0.05, 0.1) is 0 Å². The number of morpholine rings is 1. The van der Waals surface area contributed by atoms with Gasteiger partial charge in [0.25, 0.3) is 17.7 Å². The van der Waals surface area contributed by atoms with Gasteiger partial charge in [-0.2, -0.15) is 0 Å². The summed E-state index contributed by atoms with van der Waals surface area (Å²) in [6, 6.07) is 5.00. The fourth-order valence-corrected chi connectivity index (χ4v) is 3.72. The molecule has 1 atom stereocenters. The van der Waals surface area contributed by atoms with Crippen molar-refractivity contribution in [1.29, 1.82) is 0 Å². The van der Waals surface area contributed by atoms with Crippen LogP contribution in [0, 0.1) is 0 Å². The van der Waals surface area contributed by atoms with E-state index in [-0.39, 0.29) is 43.8 Å². The van der Waals surface area contributed by atoms with Crippen LogP contribution in [-0.2, 0) is 19.1 Å². The first-order valence-electron chi connectivity index (χ1n) is 9.30. The van der Waals surface area contributed by atoms with E-state index in [1.165, 1.54) is 4.90 Å². The maximum atomic E-state index is 12.7. The van der Waals surface area contributed by atoms with E-state index in [0.717, 1.165) is 0 Å². The molecule has 0 N–H and O–H groups in total. The lowest BCUT2D eigenvalue weighted by atomic mass is 10.0. The number of ether oxygens (including phenoxy) is 4. The van der Waals surface area contributed by atoms with Crippen molar-refractivity contribution in [3.8, 4) is 17.2 Å². The highest BCUT2D eigenvalue weighted by atomic mass is 16.7. The smallest absolute Gasteiger partial charge is 0.263 e. The zero-order chi connectivity index (χ0) is 19.7. The Morgan fingerprint density at radius 2 is 1.79 bits per heavy atom. The number of likely N-dealkylation sites (tertiary alicyclic amines) is 1. The number of piperidine rings is 1. The Morgan fingerprint density at radius 3 is 2.50 bits per heavy atom. The Balaban J connectivity index is 1.32. The van der Waals surface area contributed by atoms with Crippen LogP contribution in [0.4, 0.5) is 0 Å². The number of nitrogens with zero attached hydrogens (tertiary/aromatic N) is 2. The molecule has 2 saturated heterocycles. The van der Waals surface area contributed by atoms with Crippen molar-refractivity contribution in [3.63, 3.8) is 0 Å². The molecule has 1 aromatic carbocycles. The van der Waals surface area contributed by atoms with Crippen LogP contribution in [0.15, 0.2) is 18.2 Å². The number of imide groups is 1. The van der Waals surface area contributed by atoms with Gasteiger partial charge in [0, 0.05) is 25.2 Å². The second kappa shape index (κ2) is 7.67. The molecule has 28 heavy (non-hydrogen) atoms. The fourth-order valence-electron chi connectivity index (χ4n) is 3.72. The number of rotatable bonds is 4. The van der Waals surface area contributed by atoms with Gasteiger partial charge in [-0.05, 0) is 31.9 Å². The molecule has 0 saturated carbocycles. The lowest BCUT2D eigenvalue weighted by Crippen LogP contribution is -2.56. The third-order valence-corrected chi connectivity index (χ3v) is 5.13. The normalized spacial score (nSPS) is 21.0. The summed E-state index contributed by atoms with van der Waals surface area (Å²) in [5.41, 5.74) is 0. The van der Waals surface area contributed by atoms with Crippen LogP contribution in [0.5, 0.6) is 17.2 Å². The van der Waals surface area contributed by atoms with Gasteiger partial charge >= 0.3 is 0 Å². The molecular formula is C19H22N2O7. The average molecular weight is 390 g/mol. The Labute approximate surface area is 162 Å². The number of benzene rings is 1. The third-order valence-electron chi connectivity index (χ3n) is 5.13. The van der Waals surface area contributed by atoms with E-state index in [4.69, 9.17) is 18.9 Å². The summed E-state index contributed by atoms with van der Waals surface area (Å²) in [6.07, 6.45) is 0.448. The molecule has 0 unspecified atom stereocenters. The Hall–Kier alpha value is -2.81. The topological polar surface area (TPSA) is 94.6 Å². The maximum absolute atomic E-state index is 12.7. The molecule has 2 fully saturated rings. The first kappa shape index (κ1) is 18.5. The van der Waals surface area contributed by atoms with Crippen molar-refractivity contribution >= 4 is 17.7 Å². The average Bonchev–Trinajstić information content (AvgIpc) is 3.15. The molecule has 0 bridgehead atoms. The number of amides is 3. The van der Waals surface area contributed by atoms with Gasteiger partial charge in [-0.15, -0.1) is 0 Å². The van der Waals surface area contributed by atoms with E-state index >= 15 is 0 Å². The molecule has 4 rings (SSSR count). The summed E-state index contributed by atoms with van der Waals surface area (Å²) >= 11 is 0. The van der Waals surface area contributed by atoms with Crippen molar-refractivity contribution in [2.24, 2.45) is 0 Å². The lowest BCUT2D eigenvalue weighted by Gasteiger charge is -2.39. The lowest BCUT2D eigenvalue weighted by molar-refractivity contribution is -0.162. The van der Waals surface area contributed by atoms with E-state index in [1.807, 2.05) is 0 Å². The molecule has 1 aromatic rings. The predicted molar refractivity (Wildman–Crippen MR) is 94.9 cm³/mol. The number of carbonyl (C=O) groups excluding carboxylic acids is 3. The van der Waals surface area contributed by atoms with Gasteiger partial charge in [-0.1, -0.05) is 0 Å². The van der Waals surface area contributed by atoms with Crippen molar-refractivity contribution in [3.05, 3.63) is 18.2 Å². The molecule has 150 valence electrons. The van der Waals surface area contributed by atoms with E-state index < -0.39 is 6.10 Å². The van der Waals surface area contributed by atoms with Gasteiger partial charge < -0.3 is 23.8 Å². The van der Waals surface area contributed by atoms with Crippen LogP contribution in [0.25, 0.3) is 0 Å². The SMILES string of the molecule is C[C@H](Oc1ccc2c(c1)OCO2)C(=O)N1CCC(N2C(=O)COCC2=O)CC1. The van der Waals surface area contributed by atoms with Crippen LogP contribution < -0.4 is 14.2 Å². The van der Waals surface area contributed by atoms with Gasteiger partial charge in [-0.25, -0.2) is 0 Å². The molecule has 3 aliphatic heterocycles. The summed E-state index contributed by atoms with van der Waals surface area (Å²) in [5.74, 6) is 1.04. The van der Waals surface area contributed by atoms with Gasteiger partial charge in [-0.3, -0.25) is 19.3 Å². The van der Waals surface area contributed by atoms with Crippen LogP contribution >= 0.6 is 0 Å². The van der Waals surface area contributed by atoms with Gasteiger partial charge in [0.2, 0.25) is 6.79 Å². The summed E-state index contributed by atoms with van der Waals surface area (Å²) in [7, 11) is 0. The number of hydrogen-bond acceptors (Lipinski definition) is 7. The molecule has 9 heteroatoms. The molecule has 0 spiro atoms. The minimum absolute atomic E-state index is 0.0642. The second-order valence-electron chi connectivity index (χ2n) is 6.98. The minimum atomic E-state index is -0.663. The maximum Gasteiger partial charge on any atom is 0.263 e. The van der Waals surface area contributed by atoms with Gasteiger partial charge in [0.1, 0.15) is 19.0 Å². The Kier molecular flexibility index (Phi) is 5.08. The van der Waals surface area contributed by atoms with E-state index in [0.29, 0.717) is 43.2 Å². The molecule has 0 aliphatic carbocycles. The molecule has 9 nitrogen and oxygen atoms in total. The van der Waals surface area contributed by atoms with Crippen molar-refractivity contribution in [2.45, 2.75) is 31.9 Å². The molecule has 3 amide bonds. The van der Waals surface area contributed by atoms with Crippen molar-refractivity contribution in [2.75, 3.05) is 33.1 Å². The van der Waals surface area contributed by atoms with Crippen LogP contribution in [0.1, 0.15) is 19.8 Å². The minimum Gasteiger partial charge on any atom is -0.481 e. The van der Waals surface area contributed by atoms with Gasteiger partial charge in [0.15, 0.2) is 17.6 Å². The van der Waals surface area contributed by atoms with Crippen LogP contribution in [0.2, 0.25) is 0 Å². The summed E-state index contributed by atoms with van der Waals surface area (Å²) in [5, 5.41) is 0. The summed E-state index contributed by atoms with van der Waals surface area (Å²) in [4.78, 5) is 39.7. The quantitative estimate of drug-likeness (QED) is 0.693. The highest BCUT2D eigenvalue weighted by Gasteiger charge is 2.36. The van der Waals surface area contributed by atoms with E-state index in [1.54, 1.807) is 30.0 Å². The number of hydrogen-bond donors (Lipinski definition) is 0. The Bertz CT molecular complexity index is 772. The largest absolute Gasteiger partial charge is 0.481 e. The van der Waals surface area contributed by atoms with Crippen LogP contribution in [-0.4, -0.2) is 72.8 Å². The fraction of sp³-hybridized carbons (Fsp3) is 0.526. The first-order valence-corrected chi connectivity index (χ1v) is 9.30. The Morgan fingerprint density at radius 1 is 1.11 bits per heavy atom. The monoisotopic (exact) mass is 390 g/mol. The molecule has 0 radical (unpaired) electrons. The van der Waals surface area contributed by atoms with E-state index in [2.05, 4.69) is 0 Å². The molecule has 3 heterocycles. The zero-order valence-electron chi connectivity index (χ0n) is 15.6. The highest BCUT2D eigenvalue weighted by Crippen LogP contribution is 2.35. The summed E-state index contributed by atoms with van der Waals surface area (Å²) in [6.45, 7) is 2.69. The molecular weight excluding hydrogens is 368 g/mol. The first-order chi connectivity index (χ1) is 13.5. The third kappa shape index (κ3) is 3.62. The molecule has 3 aliphatic rings. The van der Waals surface area contributed by atoms with Crippen molar-refractivity contribution in [1.82, 2.24) is 9.80 Å². The molecule has 0 aromatic heterocycles. The zero-order valence-corrected chi connectivity index (χ0v) is 15.6. The number of carbonyl (C=O) groups is 3. The number of fused-ring (bicyclic) bond motifs is 1. The standard InChI is InChI=1S/C19H22N2O7/c1-12(28-14-2-3-15-16(8-14)27-11-26-15)19(24)20-6-4-13(5-7-20)21-17(22)9-25-10-18(21)23/h2-3,8,12-13H,4-7,9-11H2,1H3/t12-/m0/s1. The second-order valence-corrected chi connectivity index (χ2v) is 6.98. The highest BCUT2D eigenvalue weighted by molar-refractivity contribution is 5.98.